The molecule has 0 rings (SSSR count). The third-order valence-electron chi connectivity index (χ3n) is 2.28. The Morgan fingerprint density at radius 1 is 1.10 bits per heavy atom. The van der Waals surface area contributed by atoms with Crippen LogP contribution in [0.5, 0.6) is 0 Å². The van der Waals surface area contributed by atoms with Crippen molar-refractivity contribution in [1.29, 1.82) is 0 Å². The molecule has 0 aliphatic carbocycles. The summed E-state index contributed by atoms with van der Waals surface area (Å²) < 4.78 is 5.11. The number of ether oxygens (including phenoxy) is 1. The maximum Gasteiger partial charge on any atom is 0.407 e. The summed E-state index contributed by atoms with van der Waals surface area (Å²) in [6, 6.07) is 0. The van der Waals surface area contributed by atoms with Crippen molar-refractivity contribution in [2.75, 3.05) is 39.3 Å². The first-order valence-corrected chi connectivity index (χ1v) is 6.65. The Morgan fingerprint density at radius 3 is 2.05 bits per heavy atom. The highest BCUT2D eigenvalue weighted by Crippen LogP contribution is 2.06. The molecule has 0 saturated heterocycles. The zero-order chi connectivity index (χ0) is 16.1. The molecule has 0 saturated carbocycles. The van der Waals surface area contributed by atoms with E-state index in [-0.39, 0.29) is 0 Å². The first-order valence-electron chi connectivity index (χ1n) is 6.65. The quantitative estimate of drug-likeness (QED) is 0.493. The van der Waals surface area contributed by atoms with E-state index in [0.717, 1.165) is 0 Å². The maximum atomic E-state index is 11.5. The number of nitrogens with one attached hydrogen (secondary N) is 1. The number of carbonyl (C=O) groups is 1. The van der Waals surface area contributed by atoms with Gasteiger partial charge in [0.05, 0.1) is 13.1 Å². The molecule has 0 aromatic heterocycles. The minimum atomic E-state index is -0.541. The summed E-state index contributed by atoms with van der Waals surface area (Å²) in [6.45, 7) is 7.91. The molecule has 0 bridgehead atoms. The van der Waals surface area contributed by atoms with Crippen LogP contribution in [0.15, 0.2) is 9.98 Å². The Morgan fingerprint density at radius 2 is 1.62 bits per heavy atom. The van der Waals surface area contributed by atoms with Gasteiger partial charge in [-0.1, -0.05) is 0 Å². The molecule has 0 spiro atoms. The molecule has 118 valence electrons. The molecule has 0 unspecified atom stereocenters. The number of carbonyl (C=O) groups excluding carboxylic acids is 3. The molecular formula is C13H22N4O4. The highest BCUT2D eigenvalue weighted by molar-refractivity contribution is 5.67. The number of amides is 1. The predicted molar refractivity (Wildman–Crippen MR) is 76.7 cm³/mol. The van der Waals surface area contributed by atoms with Gasteiger partial charge in [-0.15, -0.1) is 0 Å². The van der Waals surface area contributed by atoms with Crippen LogP contribution in [0.4, 0.5) is 4.79 Å². The van der Waals surface area contributed by atoms with Crippen molar-refractivity contribution in [3.63, 3.8) is 0 Å². The zero-order valence-electron chi connectivity index (χ0n) is 12.7. The maximum absolute atomic E-state index is 11.5. The van der Waals surface area contributed by atoms with E-state index in [9.17, 15) is 14.4 Å². The van der Waals surface area contributed by atoms with E-state index in [1.165, 1.54) is 12.2 Å². The molecule has 1 amide bonds. The summed E-state index contributed by atoms with van der Waals surface area (Å²) in [4.78, 5) is 40.4. The van der Waals surface area contributed by atoms with Crippen LogP contribution < -0.4 is 5.32 Å². The molecule has 0 heterocycles. The van der Waals surface area contributed by atoms with E-state index in [1.807, 2.05) is 4.90 Å². The monoisotopic (exact) mass is 298 g/mol. The number of alkyl carbamates (subject to hydrolysis) is 1. The molecular weight excluding hydrogens is 276 g/mol. The Hall–Kier alpha value is -2.01. The second-order valence-electron chi connectivity index (χ2n) is 5.22. The van der Waals surface area contributed by atoms with Gasteiger partial charge < -0.3 is 10.1 Å². The number of aliphatic imine (C=N–C) groups is 2. The summed E-state index contributed by atoms with van der Waals surface area (Å²) in [5.74, 6) is 0. The van der Waals surface area contributed by atoms with Crippen LogP contribution in [0.25, 0.3) is 0 Å². The molecule has 8 nitrogen and oxygen atoms in total. The molecule has 1 N–H and O–H groups in total. The van der Waals surface area contributed by atoms with Crippen LogP contribution in [0.1, 0.15) is 20.8 Å². The molecule has 0 atom stereocenters. The molecule has 0 aromatic rings. The average Bonchev–Trinajstić information content (AvgIpc) is 2.36. The number of hydrogen-bond donors (Lipinski definition) is 1. The largest absolute Gasteiger partial charge is 0.444 e. The van der Waals surface area contributed by atoms with Crippen LogP contribution in [-0.4, -0.2) is 68.0 Å². The zero-order valence-corrected chi connectivity index (χ0v) is 12.7. The van der Waals surface area contributed by atoms with Crippen LogP contribution in [-0.2, 0) is 14.3 Å². The lowest BCUT2D eigenvalue weighted by Crippen LogP contribution is -2.39. The van der Waals surface area contributed by atoms with Crippen molar-refractivity contribution in [3.8, 4) is 0 Å². The van der Waals surface area contributed by atoms with Gasteiger partial charge >= 0.3 is 6.09 Å². The predicted octanol–water partition coefficient (Wildman–Crippen LogP) is 0.485. The summed E-state index contributed by atoms with van der Waals surface area (Å²) in [5.41, 5.74) is -0.541. The van der Waals surface area contributed by atoms with Gasteiger partial charge in [0.25, 0.3) is 0 Å². The van der Waals surface area contributed by atoms with E-state index < -0.39 is 11.7 Å². The average molecular weight is 298 g/mol. The molecule has 0 aromatic carbocycles. The third-order valence-corrected chi connectivity index (χ3v) is 2.28. The second kappa shape index (κ2) is 10.7. The first-order chi connectivity index (χ1) is 9.89. The van der Waals surface area contributed by atoms with E-state index in [0.29, 0.717) is 39.3 Å². The van der Waals surface area contributed by atoms with Crippen molar-refractivity contribution < 1.29 is 19.1 Å². The summed E-state index contributed by atoms with van der Waals surface area (Å²) in [5, 5.41) is 2.63. The molecule has 0 radical (unpaired) electrons. The lowest BCUT2D eigenvalue weighted by Gasteiger charge is -2.22. The van der Waals surface area contributed by atoms with Crippen molar-refractivity contribution in [3.05, 3.63) is 0 Å². The highest BCUT2D eigenvalue weighted by Gasteiger charge is 2.15. The van der Waals surface area contributed by atoms with Gasteiger partial charge in [0.1, 0.15) is 5.60 Å². The van der Waals surface area contributed by atoms with Crippen LogP contribution in [0.2, 0.25) is 0 Å². The van der Waals surface area contributed by atoms with Crippen molar-refractivity contribution in [2.24, 2.45) is 9.98 Å². The molecule has 0 aliphatic heterocycles. The van der Waals surface area contributed by atoms with Crippen LogP contribution >= 0.6 is 0 Å². The highest BCUT2D eigenvalue weighted by atomic mass is 16.6. The standard InChI is InChI=1S/C13H22N4O4/c1-13(2,3)21-12(20)16-6-9-17(7-4-14-10-18)8-5-15-11-19/h4-9H2,1-3H3,(H,16,20). The van der Waals surface area contributed by atoms with Gasteiger partial charge in [0, 0.05) is 26.2 Å². The summed E-state index contributed by atoms with van der Waals surface area (Å²) >= 11 is 0. The SMILES string of the molecule is CC(C)(C)OC(=O)NCCN(CCN=C=O)CCN=C=O. The van der Waals surface area contributed by atoms with Gasteiger partial charge in [0.2, 0.25) is 12.2 Å². The van der Waals surface area contributed by atoms with Crippen molar-refractivity contribution in [1.82, 2.24) is 10.2 Å². The van der Waals surface area contributed by atoms with Gasteiger partial charge in [-0.3, -0.25) is 4.90 Å². The topological polar surface area (TPSA) is 100 Å². The van der Waals surface area contributed by atoms with Gasteiger partial charge in [0.15, 0.2) is 0 Å². The number of hydrogen-bond acceptors (Lipinski definition) is 7. The second-order valence-corrected chi connectivity index (χ2v) is 5.22. The first kappa shape index (κ1) is 19.0. The normalized spacial score (nSPS) is 10.5. The number of isocyanates is 2. The van der Waals surface area contributed by atoms with E-state index in [4.69, 9.17) is 4.74 Å². The molecule has 21 heavy (non-hydrogen) atoms. The number of rotatable bonds is 9. The Labute approximate surface area is 124 Å². The van der Waals surface area contributed by atoms with E-state index in [2.05, 4.69) is 15.3 Å². The summed E-state index contributed by atoms with van der Waals surface area (Å²) in [7, 11) is 0. The molecule has 0 fully saturated rings. The van der Waals surface area contributed by atoms with Gasteiger partial charge in [-0.25, -0.2) is 24.4 Å². The fourth-order valence-corrected chi connectivity index (χ4v) is 1.44. The van der Waals surface area contributed by atoms with Crippen LogP contribution in [0, 0.1) is 0 Å². The van der Waals surface area contributed by atoms with Crippen molar-refractivity contribution in [2.45, 2.75) is 26.4 Å². The molecule has 8 heteroatoms. The third kappa shape index (κ3) is 12.8. The Balaban J connectivity index is 4.11. The minimum Gasteiger partial charge on any atom is -0.444 e. The van der Waals surface area contributed by atoms with Gasteiger partial charge in [-0.2, -0.15) is 0 Å². The lowest BCUT2D eigenvalue weighted by atomic mass is 10.2. The summed E-state index contributed by atoms with van der Waals surface area (Å²) in [6.07, 6.45) is 2.44. The minimum absolute atomic E-state index is 0.306. The number of nitrogens with zero attached hydrogens (tertiary/aromatic N) is 3. The van der Waals surface area contributed by atoms with E-state index >= 15 is 0 Å². The van der Waals surface area contributed by atoms with Gasteiger partial charge in [-0.05, 0) is 20.8 Å². The van der Waals surface area contributed by atoms with Crippen molar-refractivity contribution >= 4 is 18.3 Å². The molecule has 0 aliphatic rings. The van der Waals surface area contributed by atoms with Crippen LogP contribution in [0.3, 0.4) is 0 Å². The Bertz CT molecular complexity index is 385. The fraction of sp³-hybridized carbons (Fsp3) is 0.769. The smallest absolute Gasteiger partial charge is 0.407 e. The lowest BCUT2D eigenvalue weighted by molar-refractivity contribution is 0.0522. The fourth-order valence-electron chi connectivity index (χ4n) is 1.44. The van der Waals surface area contributed by atoms with E-state index in [1.54, 1.807) is 20.8 Å². The Kier molecular flexibility index (Phi) is 9.71.